The highest BCUT2D eigenvalue weighted by Crippen LogP contribution is 2.34. The number of halogens is 1. The molecule has 2 aromatic heterocycles. The van der Waals surface area contributed by atoms with Gasteiger partial charge >= 0.3 is 0 Å². The molecule has 1 amide bonds. The Labute approximate surface area is 157 Å². The smallest absolute Gasteiger partial charge is 0.236 e. The molecule has 3 rings (SSSR count). The Morgan fingerprint density at radius 3 is 2.76 bits per heavy atom. The van der Waals surface area contributed by atoms with E-state index in [1.807, 2.05) is 6.92 Å². The minimum atomic E-state index is -0.0895. The van der Waals surface area contributed by atoms with Crippen molar-refractivity contribution in [3.63, 3.8) is 0 Å². The fourth-order valence-corrected chi connectivity index (χ4v) is 4.30. The summed E-state index contributed by atoms with van der Waals surface area (Å²) in [6.07, 6.45) is 7.79. The van der Waals surface area contributed by atoms with Gasteiger partial charge in [0.2, 0.25) is 5.91 Å². The van der Waals surface area contributed by atoms with Gasteiger partial charge in [0.15, 0.2) is 5.16 Å². The van der Waals surface area contributed by atoms with Crippen molar-refractivity contribution in [2.45, 2.75) is 57.1 Å². The van der Waals surface area contributed by atoms with Gasteiger partial charge in [0.05, 0.1) is 16.5 Å². The van der Waals surface area contributed by atoms with Crippen LogP contribution < -0.4 is 5.32 Å². The predicted octanol–water partition coefficient (Wildman–Crippen LogP) is 4.78. The van der Waals surface area contributed by atoms with Crippen LogP contribution in [-0.4, -0.2) is 26.2 Å². The van der Waals surface area contributed by atoms with Crippen LogP contribution in [0.4, 0.5) is 5.82 Å². The molecule has 2 aromatic rings. The number of hydrogen-bond donors (Lipinski definition) is 1. The van der Waals surface area contributed by atoms with Gasteiger partial charge in [-0.15, -0.1) is 0 Å². The second-order valence-electron chi connectivity index (χ2n) is 6.43. The van der Waals surface area contributed by atoms with Gasteiger partial charge in [0, 0.05) is 17.9 Å². The number of amides is 1. The van der Waals surface area contributed by atoms with Crippen LogP contribution in [0.25, 0.3) is 0 Å². The normalized spacial score (nSPS) is 15.3. The van der Waals surface area contributed by atoms with Crippen molar-refractivity contribution in [2.24, 2.45) is 0 Å². The van der Waals surface area contributed by atoms with Gasteiger partial charge in [0.1, 0.15) is 5.82 Å². The first-order valence-corrected chi connectivity index (χ1v) is 10.0. The Morgan fingerprint density at radius 1 is 1.32 bits per heavy atom. The summed E-state index contributed by atoms with van der Waals surface area (Å²) in [4.78, 5) is 21.0. The number of aryl methyl sites for hydroxylation is 1. The van der Waals surface area contributed by atoms with E-state index < -0.39 is 0 Å². The summed E-state index contributed by atoms with van der Waals surface area (Å²) in [5, 5.41) is 4.29. The van der Waals surface area contributed by atoms with Crippen LogP contribution in [-0.2, 0) is 4.79 Å². The van der Waals surface area contributed by atoms with E-state index in [0.29, 0.717) is 22.6 Å². The Morgan fingerprint density at radius 2 is 2.08 bits per heavy atom. The number of rotatable bonds is 5. The van der Waals surface area contributed by atoms with E-state index in [0.717, 1.165) is 10.9 Å². The second-order valence-corrected chi connectivity index (χ2v) is 7.80. The molecule has 0 aliphatic heterocycles. The molecule has 1 fully saturated rings. The van der Waals surface area contributed by atoms with Crippen molar-refractivity contribution in [1.82, 2.24) is 14.5 Å². The number of hydrogen-bond acceptors (Lipinski definition) is 4. The van der Waals surface area contributed by atoms with E-state index in [1.165, 1.54) is 55.8 Å². The van der Waals surface area contributed by atoms with Crippen LogP contribution in [0.2, 0.25) is 5.02 Å². The van der Waals surface area contributed by atoms with Crippen LogP contribution in [0, 0.1) is 13.8 Å². The van der Waals surface area contributed by atoms with E-state index in [2.05, 4.69) is 26.8 Å². The van der Waals surface area contributed by atoms with Crippen molar-refractivity contribution in [3.05, 3.63) is 34.7 Å². The number of nitrogens with one attached hydrogen (secondary N) is 1. The molecular formula is C18H23ClN4OS. The van der Waals surface area contributed by atoms with Crippen LogP contribution >= 0.6 is 23.4 Å². The van der Waals surface area contributed by atoms with E-state index in [1.54, 1.807) is 12.1 Å². The summed E-state index contributed by atoms with van der Waals surface area (Å²) in [5.74, 6) is 0.735. The first-order chi connectivity index (χ1) is 12.0. The molecule has 1 aliphatic rings. The van der Waals surface area contributed by atoms with E-state index >= 15 is 0 Å². The van der Waals surface area contributed by atoms with Crippen molar-refractivity contribution in [1.29, 1.82) is 0 Å². The molecule has 7 heteroatoms. The first-order valence-electron chi connectivity index (χ1n) is 8.64. The van der Waals surface area contributed by atoms with Gasteiger partial charge in [0.25, 0.3) is 0 Å². The zero-order chi connectivity index (χ0) is 17.8. The van der Waals surface area contributed by atoms with Crippen LogP contribution in [0.3, 0.4) is 0 Å². The lowest BCUT2D eigenvalue weighted by atomic mass is 9.95. The Balaban J connectivity index is 1.65. The van der Waals surface area contributed by atoms with Gasteiger partial charge in [-0.25, -0.2) is 9.97 Å². The maximum Gasteiger partial charge on any atom is 0.236 e. The molecule has 1 saturated carbocycles. The molecule has 134 valence electrons. The number of nitrogens with zero attached hydrogens (tertiary/aromatic N) is 3. The highest BCUT2D eigenvalue weighted by molar-refractivity contribution is 7.99. The number of anilines is 1. The predicted molar refractivity (Wildman–Crippen MR) is 102 cm³/mol. The van der Waals surface area contributed by atoms with Crippen LogP contribution in [0.1, 0.15) is 49.5 Å². The highest BCUT2D eigenvalue weighted by atomic mass is 35.5. The zero-order valence-corrected chi connectivity index (χ0v) is 16.2. The standard InChI is InChI=1S/C18H23ClN4OS/c1-12-13(2)23(15-6-4-3-5-7-15)18(21-12)25-11-17(24)22-16-9-8-14(19)10-20-16/h8-10,15H,3-7,11H2,1-2H3,(H,20,22,24). The van der Waals surface area contributed by atoms with E-state index in [-0.39, 0.29) is 5.91 Å². The average molecular weight is 379 g/mol. The largest absolute Gasteiger partial charge is 0.320 e. The van der Waals surface area contributed by atoms with E-state index in [9.17, 15) is 4.79 Å². The molecule has 0 radical (unpaired) electrons. The van der Waals surface area contributed by atoms with Crippen molar-refractivity contribution >= 4 is 35.1 Å². The summed E-state index contributed by atoms with van der Waals surface area (Å²) < 4.78 is 2.34. The number of aromatic nitrogens is 3. The minimum absolute atomic E-state index is 0.0895. The molecule has 25 heavy (non-hydrogen) atoms. The summed E-state index contributed by atoms with van der Waals surface area (Å²) in [7, 11) is 0. The third-order valence-electron chi connectivity index (χ3n) is 4.62. The minimum Gasteiger partial charge on any atom is -0.320 e. The van der Waals surface area contributed by atoms with Crippen LogP contribution in [0.5, 0.6) is 0 Å². The van der Waals surface area contributed by atoms with Gasteiger partial charge in [-0.2, -0.15) is 0 Å². The van der Waals surface area contributed by atoms with Crippen molar-refractivity contribution in [2.75, 3.05) is 11.1 Å². The fraction of sp³-hybridized carbons (Fsp3) is 0.500. The second kappa shape index (κ2) is 8.23. The van der Waals surface area contributed by atoms with Gasteiger partial charge in [-0.1, -0.05) is 42.6 Å². The molecule has 2 heterocycles. The lowest BCUT2D eigenvalue weighted by Gasteiger charge is -2.26. The first kappa shape index (κ1) is 18.3. The zero-order valence-electron chi connectivity index (χ0n) is 14.6. The lowest BCUT2D eigenvalue weighted by molar-refractivity contribution is -0.113. The lowest BCUT2D eigenvalue weighted by Crippen LogP contribution is -2.17. The molecule has 1 N–H and O–H groups in total. The fourth-order valence-electron chi connectivity index (χ4n) is 3.23. The maximum absolute atomic E-state index is 12.2. The molecule has 0 unspecified atom stereocenters. The van der Waals surface area contributed by atoms with Crippen molar-refractivity contribution in [3.8, 4) is 0 Å². The summed E-state index contributed by atoms with van der Waals surface area (Å²) in [6.45, 7) is 4.16. The Bertz CT molecular complexity index is 738. The molecule has 0 spiro atoms. The van der Waals surface area contributed by atoms with Crippen LogP contribution in [0.15, 0.2) is 23.5 Å². The Kier molecular flexibility index (Phi) is 6.02. The quantitative estimate of drug-likeness (QED) is 0.760. The third-order valence-corrected chi connectivity index (χ3v) is 5.80. The van der Waals surface area contributed by atoms with Gasteiger partial charge in [-0.05, 0) is 38.8 Å². The molecule has 0 saturated heterocycles. The molecular weight excluding hydrogens is 356 g/mol. The molecule has 1 aliphatic carbocycles. The number of imidazole rings is 1. The van der Waals surface area contributed by atoms with Crippen molar-refractivity contribution < 1.29 is 4.79 Å². The number of carbonyl (C=O) groups excluding carboxylic acids is 1. The molecule has 5 nitrogen and oxygen atoms in total. The summed E-state index contributed by atoms with van der Waals surface area (Å²) in [5.41, 5.74) is 2.27. The number of carbonyl (C=O) groups is 1. The SMILES string of the molecule is Cc1nc(SCC(=O)Nc2ccc(Cl)cn2)n(C2CCCCC2)c1C. The average Bonchev–Trinajstić information content (AvgIpc) is 2.90. The summed E-state index contributed by atoms with van der Waals surface area (Å²) in [6, 6.07) is 3.92. The molecule has 0 atom stereocenters. The van der Waals surface area contributed by atoms with Gasteiger partial charge < -0.3 is 9.88 Å². The maximum atomic E-state index is 12.2. The van der Waals surface area contributed by atoms with Gasteiger partial charge in [-0.3, -0.25) is 4.79 Å². The molecule has 0 aromatic carbocycles. The third kappa shape index (κ3) is 4.55. The number of pyridine rings is 1. The number of thioether (sulfide) groups is 1. The molecule has 0 bridgehead atoms. The Hall–Kier alpha value is -1.53. The van der Waals surface area contributed by atoms with E-state index in [4.69, 9.17) is 11.6 Å². The highest BCUT2D eigenvalue weighted by Gasteiger charge is 2.22. The topological polar surface area (TPSA) is 59.8 Å². The summed E-state index contributed by atoms with van der Waals surface area (Å²) >= 11 is 7.30. The monoisotopic (exact) mass is 378 g/mol.